The van der Waals surface area contributed by atoms with Crippen LogP contribution in [0.3, 0.4) is 0 Å². The Balaban J connectivity index is 1.30. The number of likely N-dealkylation sites (tertiary alicyclic amines) is 1. The highest BCUT2D eigenvalue weighted by Crippen LogP contribution is 2.23. The molecule has 2 fully saturated rings. The van der Waals surface area contributed by atoms with Gasteiger partial charge >= 0.3 is 6.03 Å². The Hall–Kier alpha value is -3.06. The van der Waals surface area contributed by atoms with Crippen LogP contribution in [-0.4, -0.2) is 65.3 Å². The van der Waals surface area contributed by atoms with Crippen LogP contribution in [0, 0.1) is 12.8 Å². The van der Waals surface area contributed by atoms with Gasteiger partial charge in [-0.3, -0.25) is 9.59 Å². The molecule has 2 heterocycles. The standard InChI is InChI=1S/C25H29ClN4O3/c1-18-3-5-19(6-4-18)16-30-17-20(15-23(30)31)24(32)28-11-2-12-29(14-13-28)25(33)27-22-9-7-21(26)8-10-22/h3-10,20H,2,11-17H2,1H3,(H,27,33). The van der Waals surface area contributed by atoms with E-state index in [4.69, 9.17) is 11.6 Å². The van der Waals surface area contributed by atoms with Crippen molar-refractivity contribution in [2.45, 2.75) is 26.3 Å². The van der Waals surface area contributed by atoms with Crippen LogP contribution in [0.2, 0.25) is 5.02 Å². The Kier molecular flexibility index (Phi) is 7.18. The van der Waals surface area contributed by atoms with E-state index in [9.17, 15) is 14.4 Å². The number of anilines is 1. The van der Waals surface area contributed by atoms with Crippen LogP contribution in [-0.2, 0) is 16.1 Å². The third-order valence-electron chi connectivity index (χ3n) is 6.25. The van der Waals surface area contributed by atoms with Crippen molar-refractivity contribution in [1.82, 2.24) is 14.7 Å². The lowest BCUT2D eigenvalue weighted by Crippen LogP contribution is -2.41. The van der Waals surface area contributed by atoms with Gasteiger partial charge in [0.25, 0.3) is 0 Å². The van der Waals surface area contributed by atoms with Crippen molar-refractivity contribution in [2.75, 3.05) is 38.0 Å². The summed E-state index contributed by atoms with van der Waals surface area (Å²) in [6.45, 7) is 5.10. The highest BCUT2D eigenvalue weighted by atomic mass is 35.5. The van der Waals surface area contributed by atoms with Crippen LogP contribution in [0.1, 0.15) is 24.0 Å². The lowest BCUT2D eigenvalue weighted by atomic mass is 10.1. The van der Waals surface area contributed by atoms with E-state index < -0.39 is 0 Å². The highest BCUT2D eigenvalue weighted by Gasteiger charge is 2.37. The maximum Gasteiger partial charge on any atom is 0.321 e. The van der Waals surface area contributed by atoms with Crippen LogP contribution in [0.4, 0.5) is 10.5 Å². The maximum absolute atomic E-state index is 13.2. The van der Waals surface area contributed by atoms with Crippen molar-refractivity contribution in [1.29, 1.82) is 0 Å². The normalized spacial score (nSPS) is 18.9. The monoisotopic (exact) mass is 468 g/mol. The summed E-state index contributed by atoms with van der Waals surface area (Å²) in [6, 6.07) is 14.9. The fourth-order valence-electron chi connectivity index (χ4n) is 4.34. The number of benzene rings is 2. The van der Waals surface area contributed by atoms with Crippen molar-refractivity contribution in [3.05, 3.63) is 64.7 Å². The van der Waals surface area contributed by atoms with E-state index in [0.717, 1.165) is 5.56 Å². The Morgan fingerprint density at radius 2 is 1.64 bits per heavy atom. The lowest BCUT2D eigenvalue weighted by molar-refractivity contribution is -0.135. The predicted molar refractivity (Wildman–Crippen MR) is 128 cm³/mol. The molecule has 1 atom stereocenters. The van der Waals surface area contributed by atoms with Gasteiger partial charge < -0.3 is 20.0 Å². The van der Waals surface area contributed by atoms with Crippen molar-refractivity contribution >= 4 is 35.1 Å². The van der Waals surface area contributed by atoms with Crippen molar-refractivity contribution in [3.8, 4) is 0 Å². The van der Waals surface area contributed by atoms with Crippen molar-refractivity contribution in [2.24, 2.45) is 5.92 Å². The summed E-state index contributed by atoms with van der Waals surface area (Å²) >= 11 is 5.90. The van der Waals surface area contributed by atoms with Gasteiger partial charge in [0.1, 0.15) is 0 Å². The Morgan fingerprint density at radius 1 is 0.970 bits per heavy atom. The van der Waals surface area contributed by atoms with E-state index in [2.05, 4.69) is 5.32 Å². The average molecular weight is 469 g/mol. The summed E-state index contributed by atoms with van der Waals surface area (Å²) < 4.78 is 0. The molecular formula is C25H29ClN4O3. The van der Waals surface area contributed by atoms with Gasteiger partial charge in [0.15, 0.2) is 0 Å². The van der Waals surface area contributed by atoms with E-state index in [1.807, 2.05) is 36.1 Å². The molecule has 2 aliphatic rings. The molecule has 4 amide bonds. The molecule has 0 spiro atoms. The number of rotatable bonds is 4. The molecular weight excluding hydrogens is 440 g/mol. The molecule has 1 unspecified atom stereocenters. The van der Waals surface area contributed by atoms with Gasteiger partial charge in [-0.2, -0.15) is 0 Å². The summed E-state index contributed by atoms with van der Waals surface area (Å²) in [5.74, 6) is -0.292. The number of carbonyl (C=O) groups excluding carboxylic acids is 3. The van der Waals surface area contributed by atoms with Gasteiger partial charge in [0.05, 0.1) is 5.92 Å². The summed E-state index contributed by atoms with van der Waals surface area (Å²) in [7, 11) is 0. The first kappa shape index (κ1) is 23.1. The van der Waals surface area contributed by atoms with Gasteiger partial charge in [0, 0.05) is 56.4 Å². The summed E-state index contributed by atoms with van der Waals surface area (Å²) in [5, 5.41) is 3.49. The molecule has 2 aromatic rings. The largest absolute Gasteiger partial charge is 0.341 e. The zero-order chi connectivity index (χ0) is 23.4. The molecule has 7 nitrogen and oxygen atoms in total. The Labute approximate surface area is 199 Å². The number of amides is 4. The first-order chi connectivity index (χ1) is 15.9. The van der Waals surface area contributed by atoms with Crippen LogP contribution in [0.5, 0.6) is 0 Å². The van der Waals surface area contributed by atoms with Crippen molar-refractivity contribution < 1.29 is 14.4 Å². The van der Waals surface area contributed by atoms with Crippen LogP contribution < -0.4 is 5.32 Å². The third kappa shape index (κ3) is 5.85. The molecule has 4 rings (SSSR count). The van der Waals surface area contributed by atoms with Gasteiger partial charge in [0.2, 0.25) is 11.8 Å². The first-order valence-corrected chi connectivity index (χ1v) is 11.7. The third-order valence-corrected chi connectivity index (χ3v) is 6.50. The van der Waals surface area contributed by atoms with Gasteiger partial charge in [-0.1, -0.05) is 41.4 Å². The SMILES string of the molecule is Cc1ccc(CN2CC(C(=O)N3CCCN(C(=O)Nc4ccc(Cl)cc4)CC3)CC2=O)cc1. The summed E-state index contributed by atoms with van der Waals surface area (Å²) in [6.07, 6.45) is 0.954. The molecule has 0 aromatic heterocycles. The zero-order valence-corrected chi connectivity index (χ0v) is 19.6. The number of carbonyl (C=O) groups is 3. The fraction of sp³-hybridized carbons (Fsp3) is 0.400. The molecule has 33 heavy (non-hydrogen) atoms. The second kappa shape index (κ2) is 10.3. The average Bonchev–Trinajstić information content (AvgIpc) is 3.00. The predicted octanol–water partition coefficient (Wildman–Crippen LogP) is 3.76. The molecule has 0 bridgehead atoms. The molecule has 2 aromatic carbocycles. The molecule has 1 N–H and O–H groups in total. The summed E-state index contributed by atoms with van der Waals surface area (Å²) in [4.78, 5) is 43.6. The van der Waals surface area contributed by atoms with E-state index in [1.165, 1.54) is 5.56 Å². The fourth-order valence-corrected chi connectivity index (χ4v) is 4.47. The quantitative estimate of drug-likeness (QED) is 0.742. The van der Waals surface area contributed by atoms with Crippen molar-refractivity contribution in [3.63, 3.8) is 0 Å². The molecule has 2 saturated heterocycles. The number of hydrogen-bond acceptors (Lipinski definition) is 3. The molecule has 0 radical (unpaired) electrons. The Bertz CT molecular complexity index is 1010. The topological polar surface area (TPSA) is 73.0 Å². The lowest BCUT2D eigenvalue weighted by Gasteiger charge is -2.25. The number of nitrogens with zero attached hydrogens (tertiary/aromatic N) is 3. The summed E-state index contributed by atoms with van der Waals surface area (Å²) in [5.41, 5.74) is 2.93. The number of hydrogen-bond donors (Lipinski definition) is 1. The second-order valence-corrected chi connectivity index (χ2v) is 9.20. The minimum absolute atomic E-state index is 0.00900. The molecule has 8 heteroatoms. The highest BCUT2D eigenvalue weighted by molar-refractivity contribution is 6.30. The minimum Gasteiger partial charge on any atom is -0.341 e. The van der Waals surface area contributed by atoms with Crippen LogP contribution in [0.25, 0.3) is 0 Å². The smallest absolute Gasteiger partial charge is 0.321 e. The zero-order valence-electron chi connectivity index (χ0n) is 18.8. The molecule has 0 saturated carbocycles. The van der Waals surface area contributed by atoms with Crippen LogP contribution >= 0.6 is 11.6 Å². The van der Waals surface area contributed by atoms with E-state index >= 15 is 0 Å². The maximum atomic E-state index is 13.2. The molecule has 174 valence electrons. The first-order valence-electron chi connectivity index (χ1n) is 11.3. The van der Waals surface area contributed by atoms with E-state index in [0.29, 0.717) is 56.4 Å². The van der Waals surface area contributed by atoms with E-state index in [-0.39, 0.29) is 30.2 Å². The number of urea groups is 1. The van der Waals surface area contributed by atoms with Gasteiger partial charge in [-0.05, 0) is 43.2 Å². The Morgan fingerprint density at radius 3 is 2.36 bits per heavy atom. The minimum atomic E-state index is -0.322. The van der Waals surface area contributed by atoms with E-state index in [1.54, 1.807) is 34.1 Å². The number of nitrogens with one attached hydrogen (secondary N) is 1. The number of aryl methyl sites for hydroxylation is 1. The second-order valence-electron chi connectivity index (χ2n) is 8.76. The van der Waals surface area contributed by atoms with Gasteiger partial charge in [-0.25, -0.2) is 4.79 Å². The molecule has 0 aliphatic carbocycles. The van der Waals surface area contributed by atoms with Crippen LogP contribution in [0.15, 0.2) is 48.5 Å². The van der Waals surface area contributed by atoms with Gasteiger partial charge in [-0.15, -0.1) is 0 Å². The number of halogens is 1. The molecule has 2 aliphatic heterocycles.